The zero-order valence-corrected chi connectivity index (χ0v) is 23.2. The van der Waals surface area contributed by atoms with Gasteiger partial charge in [-0.1, -0.05) is 125 Å². The molecule has 5 aromatic carbocycles. The van der Waals surface area contributed by atoms with E-state index in [0.29, 0.717) is 0 Å². The standard InChI is InChI=1S/C38H35N/c1-28-8-18-33(19-9-28)38(34-20-10-29(2)11-21-34)7-5-6-32-16-26-37(27-17-32)39(35-22-12-30(3)13-23-35)36-24-14-31(4)15-25-36/h5-27H,1-4H3/b6-5+. The van der Waals surface area contributed by atoms with Crippen LogP contribution in [0.3, 0.4) is 0 Å². The van der Waals surface area contributed by atoms with Crippen LogP contribution in [0.4, 0.5) is 17.1 Å². The number of hydrogen-bond acceptors (Lipinski definition) is 1. The molecule has 0 bridgehead atoms. The van der Waals surface area contributed by atoms with E-state index in [4.69, 9.17) is 0 Å². The van der Waals surface area contributed by atoms with Crippen molar-refractivity contribution in [1.82, 2.24) is 0 Å². The molecule has 192 valence electrons. The Morgan fingerprint density at radius 3 is 1.15 bits per heavy atom. The fraction of sp³-hybridized carbons (Fsp3) is 0.105. The summed E-state index contributed by atoms with van der Waals surface area (Å²) in [7, 11) is 0. The number of aryl methyl sites for hydroxylation is 4. The summed E-state index contributed by atoms with van der Waals surface area (Å²) in [6.07, 6.45) is 6.55. The first kappa shape index (κ1) is 26.0. The molecule has 0 spiro atoms. The van der Waals surface area contributed by atoms with Crippen molar-refractivity contribution in [2.24, 2.45) is 0 Å². The van der Waals surface area contributed by atoms with E-state index < -0.39 is 0 Å². The molecule has 5 aromatic rings. The number of hydrogen-bond donors (Lipinski definition) is 0. The predicted molar refractivity (Wildman–Crippen MR) is 169 cm³/mol. The van der Waals surface area contributed by atoms with Crippen LogP contribution < -0.4 is 4.90 Å². The van der Waals surface area contributed by atoms with E-state index in [2.05, 4.69) is 172 Å². The highest BCUT2D eigenvalue weighted by molar-refractivity contribution is 5.82. The summed E-state index contributed by atoms with van der Waals surface area (Å²) in [5.74, 6) is 0. The van der Waals surface area contributed by atoms with Crippen molar-refractivity contribution in [2.75, 3.05) is 4.90 Å². The van der Waals surface area contributed by atoms with Crippen molar-refractivity contribution in [1.29, 1.82) is 0 Å². The Morgan fingerprint density at radius 2 is 0.769 bits per heavy atom. The number of nitrogens with zero attached hydrogens (tertiary/aromatic N) is 1. The number of anilines is 3. The highest BCUT2D eigenvalue weighted by Crippen LogP contribution is 2.35. The topological polar surface area (TPSA) is 3.24 Å². The van der Waals surface area contributed by atoms with E-state index >= 15 is 0 Å². The molecular formula is C38H35N. The molecule has 1 nitrogen and oxygen atoms in total. The van der Waals surface area contributed by atoms with E-state index in [9.17, 15) is 0 Å². The number of benzene rings is 5. The summed E-state index contributed by atoms with van der Waals surface area (Å²) >= 11 is 0. The molecule has 0 heterocycles. The maximum atomic E-state index is 2.30. The van der Waals surface area contributed by atoms with Crippen LogP contribution in [0.15, 0.2) is 133 Å². The fourth-order valence-electron chi connectivity index (χ4n) is 4.65. The van der Waals surface area contributed by atoms with Crippen molar-refractivity contribution in [3.05, 3.63) is 172 Å². The molecule has 0 saturated heterocycles. The average molecular weight is 506 g/mol. The molecule has 0 amide bonds. The molecule has 5 rings (SSSR count). The highest BCUT2D eigenvalue weighted by atomic mass is 15.1. The summed E-state index contributed by atoms with van der Waals surface area (Å²) in [6.45, 7) is 8.50. The van der Waals surface area contributed by atoms with Gasteiger partial charge in [0.25, 0.3) is 0 Å². The third-order valence-electron chi connectivity index (χ3n) is 7.01. The third kappa shape index (κ3) is 6.45. The Balaban J connectivity index is 1.44. The van der Waals surface area contributed by atoms with Crippen LogP contribution in [0.2, 0.25) is 0 Å². The second-order valence-corrected chi connectivity index (χ2v) is 10.3. The first-order valence-electron chi connectivity index (χ1n) is 13.5. The zero-order chi connectivity index (χ0) is 27.2. The monoisotopic (exact) mass is 505 g/mol. The minimum atomic E-state index is 1.13. The van der Waals surface area contributed by atoms with Crippen LogP contribution in [0, 0.1) is 27.7 Å². The molecule has 0 saturated carbocycles. The first-order chi connectivity index (χ1) is 19.0. The largest absolute Gasteiger partial charge is 0.311 e. The van der Waals surface area contributed by atoms with E-state index in [-0.39, 0.29) is 0 Å². The lowest BCUT2D eigenvalue weighted by molar-refractivity contribution is 1.27. The number of rotatable bonds is 7. The van der Waals surface area contributed by atoms with Crippen LogP contribution in [-0.4, -0.2) is 0 Å². The normalized spacial score (nSPS) is 11.0. The van der Waals surface area contributed by atoms with Gasteiger partial charge in [0.1, 0.15) is 0 Å². The Bertz CT molecular complexity index is 1470. The smallest absolute Gasteiger partial charge is 0.0462 e. The number of allylic oxidation sites excluding steroid dienone is 2. The minimum absolute atomic E-state index is 1.13. The maximum Gasteiger partial charge on any atom is 0.0462 e. The zero-order valence-electron chi connectivity index (χ0n) is 23.2. The lowest BCUT2D eigenvalue weighted by atomic mass is 9.96. The SMILES string of the molecule is Cc1ccc(C(=C/C=C/c2ccc(N(c3ccc(C)cc3)c3ccc(C)cc3)cc2)c2ccc(C)cc2)cc1. The summed E-state index contributed by atoms with van der Waals surface area (Å²) in [5, 5.41) is 0. The Labute approximate surface area is 233 Å². The molecule has 39 heavy (non-hydrogen) atoms. The van der Waals surface area contributed by atoms with Crippen LogP contribution >= 0.6 is 0 Å². The molecule has 1 heteroatoms. The molecule has 0 N–H and O–H groups in total. The molecule has 0 unspecified atom stereocenters. The Kier molecular flexibility index (Phi) is 7.89. The van der Waals surface area contributed by atoms with Gasteiger partial charge in [0.2, 0.25) is 0 Å². The quantitative estimate of drug-likeness (QED) is 0.199. The Morgan fingerprint density at radius 1 is 0.436 bits per heavy atom. The van der Waals surface area contributed by atoms with Crippen LogP contribution in [0.5, 0.6) is 0 Å². The summed E-state index contributed by atoms with van der Waals surface area (Å²) in [6, 6.07) is 43.7. The molecule has 0 radical (unpaired) electrons. The van der Waals surface area contributed by atoms with Gasteiger partial charge in [-0.15, -0.1) is 0 Å². The van der Waals surface area contributed by atoms with Gasteiger partial charge in [-0.05, 0) is 86.4 Å². The first-order valence-corrected chi connectivity index (χ1v) is 13.5. The van der Waals surface area contributed by atoms with Gasteiger partial charge in [-0.25, -0.2) is 0 Å². The summed E-state index contributed by atoms with van der Waals surface area (Å²) in [4.78, 5) is 2.30. The van der Waals surface area contributed by atoms with E-state index in [1.807, 2.05) is 0 Å². The van der Waals surface area contributed by atoms with Gasteiger partial charge >= 0.3 is 0 Å². The van der Waals surface area contributed by atoms with E-state index in [0.717, 1.165) is 22.6 Å². The summed E-state index contributed by atoms with van der Waals surface area (Å²) < 4.78 is 0. The molecule has 0 fully saturated rings. The maximum absolute atomic E-state index is 2.30. The second kappa shape index (κ2) is 11.8. The van der Waals surface area contributed by atoms with Gasteiger partial charge < -0.3 is 4.90 Å². The van der Waals surface area contributed by atoms with E-state index in [1.165, 1.54) is 39.0 Å². The van der Waals surface area contributed by atoms with Gasteiger partial charge in [0.15, 0.2) is 0 Å². The van der Waals surface area contributed by atoms with Gasteiger partial charge in [0, 0.05) is 17.1 Å². The fourth-order valence-corrected chi connectivity index (χ4v) is 4.65. The Hall–Kier alpha value is -4.62. The average Bonchev–Trinajstić information content (AvgIpc) is 2.95. The lowest BCUT2D eigenvalue weighted by Gasteiger charge is -2.25. The van der Waals surface area contributed by atoms with Gasteiger partial charge in [-0.2, -0.15) is 0 Å². The molecule has 0 aliphatic heterocycles. The summed E-state index contributed by atoms with van der Waals surface area (Å²) in [5.41, 5.74) is 13.3. The van der Waals surface area contributed by atoms with Crippen LogP contribution in [-0.2, 0) is 0 Å². The molecule has 0 atom stereocenters. The minimum Gasteiger partial charge on any atom is -0.311 e. The van der Waals surface area contributed by atoms with Crippen molar-refractivity contribution in [2.45, 2.75) is 27.7 Å². The highest BCUT2D eigenvalue weighted by Gasteiger charge is 2.12. The lowest BCUT2D eigenvalue weighted by Crippen LogP contribution is -2.09. The van der Waals surface area contributed by atoms with Crippen molar-refractivity contribution < 1.29 is 0 Å². The predicted octanol–water partition coefficient (Wildman–Crippen LogP) is 10.5. The molecular weight excluding hydrogens is 470 g/mol. The third-order valence-corrected chi connectivity index (χ3v) is 7.01. The van der Waals surface area contributed by atoms with Gasteiger partial charge in [0.05, 0.1) is 0 Å². The molecule has 0 aliphatic carbocycles. The second-order valence-electron chi connectivity index (χ2n) is 10.3. The van der Waals surface area contributed by atoms with Crippen LogP contribution in [0.1, 0.15) is 38.9 Å². The van der Waals surface area contributed by atoms with Gasteiger partial charge in [-0.3, -0.25) is 0 Å². The van der Waals surface area contributed by atoms with Crippen molar-refractivity contribution >= 4 is 28.7 Å². The van der Waals surface area contributed by atoms with Crippen LogP contribution in [0.25, 0.3) is 11.6 Å². The van der Waals surface area contributed by atoms with E-state index in [1.54, 1.807) is 0 Å². The van der Waals surface area contributed by atoms with Crippen molar-refractivity contribution in [3.63, 3.8) is 0 Å². The molecule has 0 aliphatic rings. The molecule has 0 aromatic heterocycles. The van der Waals surface area contributed by atoms with Crippen molar-refractivity contribution in [3.8, 4) is 0 Å².